The van der Waals surface area contributed by atoms with Crippen LogP contribution in [0.15, 0.2) is 59.7 Å². The number of amides is 1. The fourth-order valence-corrected chi connectivity index (χ4v) is 3.02. The van der Waals surface area contributed by atoms with Crippen molar-refractivity contribution in [2.45, 2.75) is 19.8 Å². The molecule has 0 aliphatic rings. The van der Waals surface area contributed by atoms with Crippen molar-refractivity contribution in [2.24, 2.45) is 5.10 Å². The summed E-state index contributed by atoms with van der Waals surface area (Å²) < 4.78 is 16.4. The van der Waals surface area contributed by atoms with E-state index in [9.17, 15) is 4.79 Å². The minimum absolute atomic E-state index is 0.364. The van der Waals surface area contributed by atoms with E-state index in [0.717, 1.165) is 34.9 Å². The van der Waals surface area contributed by atoms with E-state index in [1.807, 2.05) is 36.4 Å². The Balaban J connectivity index is 1.84. The van der Waals surface area contributed by atoms with E-state index in [2.05, 4.69) is 17.5 Å². The van der Waals surface area contributed by atoms with Crippen LogP contribution in [0.5, 0.6) is 17.2 Å². The largest absolute Gasteiger partial charge is 0.497 e. The number of nitrogens with zero attached hydrogens (tertiary/aromatic N) is 1. The van der Waals surface area contributed by atoms with Gasteiger partial charge >= 0.3 is 0 Å². The summed E-state index contributed by atoms with van der Waals surface area (Å²) in [5.74, 6) is 1.44. The van der Waals surface area contributed by atoms with Gasteiger partial charge in [-0.15, -0.1) is 0 Å². The molecule has 0 aliphatic carbocycles. The first-order valence-electron chi connectivity index (χ1n) is 9.87. The normalized spacial score (nSPS) is 10.9. The number of benzene rings is 3. The van der Waals surface area contributed by atoms with E-state index in [0.29, 0.717) is 23.7 Å². The molecule has 0 spiro atoms. The Morgan fingerprint density at radius 3 is 2.47 bits per heavy atom. The third-order valence-electron chi connectivity index (χ3n) is 4.66. The molecule has 0 bridgehead atoms. The maximum atomic E-state index is 12.6. The molecule has 3 aromatic rings. The molecule has 3 rings (SSSR count). The van der Waals surface area contributed by atoms with Crippen molar-refractivity contribution < 1.29 is 19.0 Å². The zero-order chi connectivity index (χ0) is 21.3. The zero-order valence-corrected chi connectivity index (χ0v) is 17.5. The topological polar surface area (TPSA) is 69.2 Å². The highest BCUT2D eigenvalue weighted by molar-refractivity contribution is 6.03. The van der Waals surface area contributed by atoms with Gasteiger partial charge in [0.2, 0.25) is 0 Å². The predicted molar refractivity (Wildman–Crippen MR) is 119 cm³/mol. The number of hydrogen-bond donors (Lipinski definition) is 1. The Hall–Kier alpha value is -3.54. The molecule has 0 fully saturated rings. The Morgan fingerprint density at radius 1 is 1.03 bits per heavy atom. The summed E-state index contributed by atoms with van der Waals surface area (Å²) >= 11 is 0. The summed E-state index contributed by atoms with van der Waals surface area (Å²) in [6, 6.07) is 16.9. The number of methoxy groups -OCH3 is 2. The number of fused-ring (bicyclic) bond motifs is 1. The molecule has 156 valence electrons. The predicted octanol–water partition coefficient (Wildman–Crippen LogP) is 4.80. The van der Waals surface area contributed by atoms with E-state index in [1.165, 1.54) is 14.2 Å². The highest BCUT2D eigenvalue weighted by atomic mass is 16.5. The maximum absolute atomic E-state index is 12.6. The molecule has 0 radical (unpaired) electrons. The molecular weight excluding hydrogens is 380 g/mol. The lowest BCUT2D eigenvalue weighted by molar-refractivity contribution is 0.0954. The molecule has 6 nitrogen and oxygen atoms in total. The van der Waals surface area contributed by atoms with E-state index < -0.39 is 0 Å². The third kappa shape index (κ3) is 5.08. The van der Waals surface area contributed by atoms with Gasteiger partial charge < -0.3 is 14.2 Å². The summed E-state index contributed by atoms with van der Waals surface area (Å²) in [6.45, 7) is 2.75. The van der Waals surface area contributed by atoms with Crippen molar-refractivity contribution in [3.8, 4) is 17.2 Å². The standard InChI is InChI=1S/C24H26N2O4/c1-4-5-12-30-23-11-10-17-8-6-7-9-21(17)22(23)16-25-26-24(27)18-13-19(28-2)15-20(14-18)29-3/h6-11,13-16H,4-5,12H2,1-3H3,(H,26,27)/b25-16-. The summed E-state index contributed by atoms with van der Waals surface area (Å²) in [5.41, 5.74) is 3.79. The highest BCUT2D eigenvalue weighted by Crippen LogP contribution is 2.27. The minimum Gasteiger partial charge on any atom is -0.497 e. The van der Waals surface area contributed by atoms with Crippen LogP contribution in [0.1, 0.15) is 35.7 Å². The van der Waals surface area contributed by atoms with Gasteiger partial charge in [-0.1, -0.05) is 43.7 Å². The number of hydrazone groups is 1. The second-order valence-corrected chi connectivity index (χ2v) is 6.70. The smallest absolute Gasteiger partial charge is 0.271 e. The molecule has 0 heterocycles. The van der Waals surface area contributed by atoms with Gasteiger partial charge in [0.05, 0.1) is 27.0 Å². The molecule has 0 atom stereocenters. The van der Waals surface area contributed by atoms with Crippen LogP contribution in [-0.2, 0) is 0 Å². The average Bonchev–Trinajstić information content (AvgIpc) is 2.79. The number of hydrogen-bond acceptors (Lipinski definition) is 5. The van der Waals surface area contributed by atoms with E-state index in [-0.39, 0.29) is 5.91 Å². The Bertz CT molecular complexity index is 1020. The van der Waals surface area contributed by atoms with Gasteiger partial charge in [-0.2, -0.15) is 5.10 Å². The van der Waals surface area contributed by atoms with Crippen molar-refractivity contribution in [3.63, 3.8) is 0 Å². The number of ether oxygens (including phenoxy) is 3. The zero-order valence-electron chi connectivity index (χ0n) is 17.5. The average molecular weight is 406 g/mol. The van der Waals surface area contributed by atoms with Gasteiger partial charge in [0, 0.05) is 17.2 Å². The van der Waals surface area contributed by atoms with Gasteiger partial charge in [-0.3, -0.25) is 4.79 Å². The number of nitrogens with one attached hydrogen (secondary N) is 1. The molecule has 0 saturated heterocycles. The number of carbonyl (C=O) groups excluding carboxylic acids is 1. The highest BCUT2D eigenvalue weighted by Gasteiger charge is 2.10. The fraction of sp³-hybridized carbons (Fsp3) is 0.250. The molecule has 1 N–H and O–H groups in total. The van der Waals surface area contributed by atoms with Crippen LogP contribution in [0.3, 0.4) is 0 Å². The van der Waals surface area contributed by atoms with Crippen LogP contribution < -0.4 is 19.6 Å². The molecule has 0 aromatic heterocycles. The van der Waals surface area contributed by atoms with E-state index >= 15 is 0 Å². The van der Waals surface area contributed by atoms with Crippen LogP contribution in [0, 0.1) is 0 Å². The molecule has 3 aromatic carbocycles. The van der Waals surface area contributed by atoms with Crippen LogP contribution in [-0.4, -0.2) is 32.9 Å². The maximum Gasteiger partial charge on any atom is 0.271 e. The van der Waals surface area contributed by atoms with Crippen LogP contribution in [0.2, 0.25) is 0 Å². The first-order chi connectivity index (χ1) is 14.7. The van der Waals surface area contributed by atoms with Crippen LogP contribution in [0.25, 0.3) is 10.8 Å². The van der Waals surface area contributed by atoms with Crippen molar-refractivity contribution in [1.29, 1.82) is 0 Å². The lowest BCUT2D eigenvalue weighted by atomic mass is 10.0. The lowest BCUT2D eigenvalue weighted by Crippen LogP contribution is -2.18. The fourth-order valence-electron chi connectivity index (χ4n) is 3.02. The SMILES string of the molecule is CCCCOc1ccc2ccccc2c1/C=N\NC(=O)c1cc(OC)cc(OC)c1. The van der Waals surface area contributed by atoms with Gasteiger partial charge in [-0.05, 0) is 35.4 Å². The van der Waals surface area contributed by atoms with E-state index in [1.54, 1.807) is 24.4 Å². The minimum atomic E-state index is -0.364. The summed E-state index contributed by atoms with van der Waals surface area (Å²) in [4.78, 5) is 12.6. The Labute approximate surface area is 176 Å². The third-order valence-corrected chi connectivity index (χ3v) is 4.66. The molecule has 6 heteroatoms. The van der Waals surface area contributed by atoms with E-state index in [4.69, 9.17) is 14.2 Å². The van der Waals surface area contributed by atoms with Gasteiger partial charge in [0.1, 0.15) is 17.2 Å². The second-order valence-electron chi connectivity index (χ2n) is 6.70. The van der Waals surface area contributed by atoms with Gasteiger partial charge in [-0.25, -0.2) is 5.43 Å². The molecular formula is C24H26N2O4. The molecule has 30 heavy (non-hydrogen) atoms. The first kappa shape index (κ1) is 21.2. The summed E-state index contributed by atoms with van der Waals surface area (Å²) in [7, 11) is 3.07. The van der Waals surface area contributed by atoms with Gasteiger partial charge in [0.15, 0.2) is 0 Å². The monoisotopic (exact) mass is 406 g/mol. The van der Waals surface area contributed by atoms with Crippen molar-refractivity contribution in [3.05, 3.63) is 65.7 Å². The van der Waals surface area contributed by atoms with Crippen LogP contribution >= 0.6 is 0 Å². The number of rotatable bonds is 9. The lowest BCUT2D eigenvalue weighted by Gasteiger charge is -2.11. The number of unbranched alkanes of at least 4 members (excludes halogenated alkanes) is 1. The molecule has 0 unspecified atom stereocenters. The Kier molecular flexibility index (Phi) is 7.27. The van der Waals surface area contributed by atoms with Crippen molar-refractivity contribution >= 4 is 22.9 Å². The molecule has 1 amide bonds. The second kappa shape index (κ2) is 10.3. The van der Waals surface area contributed by atoms with Gasteiger partial charge in [0.25, 0.3) is 5.91 Å². The van der Waals surface area contributed by atoms with Crippen molar-refractivity contribution in [1.82, 2.24) is 5.43 Å². The Morgan fingerprint density at radius 2 is 1.77 bits per heavy atom. The number of carbonyl (C=O) groups is 1. The first-order valence-corrected chi connectivity index (χ1v) is 9.87. The molecule has 0 saturated carbocycles. The molecule has 0 aliphatic heterocycles. The quantitative estimate of drug-likeness (QED) is 0.315. The van der Waals surface area contributed by atoms with Crippen molar-refractivity contribution in [2.75, 3.05) is 20.8 Å². The summed E-state index contributed by atoms with van der Waals surface area (Å²) in [6.07, 6.45) is 3.65. The summed E-state index contributed by atoms with van der Waals surface area (Å²) in [5, 5.41) is 6.26. The van der Waals surface area contributed by atoms with Crippen LogP contribution in [0.4, 0.5) is 0 Å².